The Labute approximate surface area is 181 Å². The molecule has 0 spiro atoms. The third-order valence-electron chi connectivity index (χ3n) is 5.09. The molecular weight excluding hydrogens is 402 g/mol. The van der Waals surface area contributed by atoms with Crippen LogP contribution in [-0.2, 0) is 14.3 Å². The molecule has 0 aliphatic carbocycles. The van der Waals surface area contributed by atoms with E-state index in [2.05, 4.69) is 10.2 Å². The normalized spacial score (nSPS) is 18.4. The summed E-state index contributed by atoms with van der Waals surface area (Å²) in [5.74, 6) is 0.803. The van der Waals surface area contributed by atoms with Gasteiger partial charge in [-0.3, -0.25) is 4.79 Å². The number of amides is 1. The highest BCUT2D eigenvalue weighted by Gasteiger charge is 2.40. The minimum absolute atomic E-state index is 0.0115. The summed E-state index contributed by atoms with van der Waals surface area (Å²) in [6.07, 6.45) is 2.03. The van der Waals surface area contributed by atoms with Crippen molar-refractivity contribution in [2.45, 2.75) is 6.92 Å². The van der Waals surface area contributed by atoms with Gasteiger partial charge in [-0.25, -0.2) is 4.98 Å². The Morgan fingerprint density at radius 1 is 1.20 bits per heavy atom. The minimum Gasteiger partial charge on any atom is -0.497 e. The van der Waals surface area contributed by atoms with Crippen molar-refractivity contribution in [1.29, 1.82) is 0 Å². The van der Waals surface area contributed by atoms with Gasteiger partial charge in [0.1, 0.15) is 10.8 Å². The molecule has 3 rings (SSSR count). The fraction of sp³-hybridized carbons (Fsp3) is 0.455. The highest BCUT2D eigenvalue weighted by molar-refractivity contribution is 7.13. The van der Waals surface area contributed by atoms with Gasteiger partial charge in [0.2, 0.25) is 5.91 Å². The fourth-order valence-electron chi connectivity index (χ4n) is 3.42. The van der Waals surface area contributed by atoms with E-state index in [1.165, 1.54) is 0 Å². The molecule has 30 heavy (non-hydrogen) atoms. The van der Waals surface area contributed by atoms with Gasteiger partial charge in [-0.05, 0) is 37.3 Å². The van der Waals surface area contributed by atoms with Crippen LogP contribution in [0.3, 0.4) is 0 Å². The highest BCUT2D eigenvalue weighted by Crippen LogP contribution is 2.38. The van der Waals surface area contributed by atoms with E-state index in [0.717, 1.165) is 27.7 Å². The number of hydrogen-bond acceptors (Lipinski definition) is 7. The molecule has 0 fully saturated rings. The molecule has 2 aromatic rings. The van der Waals surface area contributed by atoms with Crippen molar-refractivity contribution in [1.82, 2.24) is 15.2 Å². The largest absolute Gasteiger partial charge is 0.497 e. The van der Waals surface area contributed by atoms with Crippen LogP contribution >= 0.6 is 11.3 Å². The van der Waals surface area contributed by atoms with Gasteiger partial charge in [-0.15, -0.1) is 11.3 Å². The summed E-state index contributed by atoms with van der Waals surface area (Å²) in [4.78, 5) is 19.9. The first kappa shape index (κ1) is 22.3. The van der Waals surface area contributed by atoms with Crippen LogP contribution in [0.15, 0.2) is 35.7 Å². The van der Waals surface area contributed by atoms with Gasteiger partial charge < -0.3 is 24.4 Å². The molecule has 7 nitrogen and oxygen atoms in total. The quantitative estimate of drug-likeness (QED) is 0.583. The molecule has 8 heteroatoms. The first-order valence-corrected chi connectivity index (χ1v) is 10.7. The Morgan fingerprint density at radius 2 is 1.93 bits per heavy atom. The Morgan fingerprint density at radius 3 is 2.60 bits per heavy atom. The van der Waals surface area contributed by atoms with Gasteiger partial charge in [0.05, 0.1) is 37.1 Å². The SMILES string of the molecule is COCCNC(=O)C1(C)C=C(c2csc(-c3ccc(OC)cc3)n2)N(CCOC)C1. The van der Waals surface area contributed by atoms with E-state index in [4.69, 9.17) is 19.2 Å². The summed E-state index contributed by atoms with van der Waals surface area (Å²) in [5.41, 5.74) is 2.23. The first-order valence-electron chi connectivity index (χ1n) is 9.85. The molecule has 1 atom stereocenters. The maximum atomic E-state index is 12.8. The number of aromatic nitrogens is 1. The van der Waals surface area contributed by atoms with Crippen LogP contribution in [0.2, 0.25) is 0 Å². The van der Waals surface area contributed by atoms with Crippen molar-refractivity contribution in [2.24, 2.45) is 5.41 Å². The molecule has 1 aliphatic heterocycles. The minimum atomic E-state index is -0.638. The predicted octanol–water partition coefficient (Wildman–Crippen LogP) is 2.89. The van der Waals surface area contributed by atoms with Crippen LogP contribution in [0.25, 0.3) is 16.3 Å². The Bertz CT molecular complexity index is 881. The number of nitrogens with zero attached hydrogens (tertiary/aromatic N) is 2. The van der Waals surface area contributed by atoms with Gasteiger partial charge in [0.25, 0.3) is 0 Å². The van der Waals surface area contributed by atoms with Crippen molar-refractivity contribution in [2.75, 3.05) is 54.2 Å². The average molecular weight is 432 g/mol. The molecule has 0 bridgehead atoms. The summed E-state index contributed by atoms with van der Waals surface area (Å²) < 4.78 is 15.5. The zero-order valence-electron chi connectivity index (χ0n) is 17.9. The molecule has 2 heterocycles. The number of rotatable bonds is 10. The highest BCUT2D eigenvalue weighted by atomic mass is 32.1. The topological polar surface area (TPSA) is 72.9 Å². The lowest BCUT2D eigenvalue weighted by atomic mass is 9.90. The van der Waals surface area contributed by atoms with Crippen LogP contribution in [0.4, 0.5) is 0 Å². The molecule has 1 aromatic heterocycles. The molecule has 1 amide bonds. The van der Waals surface area contributed by atoms with E-state index in [-0.39, 0.29) is 5.91 Å². The molecular formula is C22H29N3O4S. The summed E-state index contributed by atoms with van der Waals surface area (Å²) in [7, 11) is 4.96. The monoisotopic (exact) mass is 431 g/mol. The van der Waals surface area contributed by atoms with Gasteiger partial charge in [-0.2, -0.15) is 0 Å². The second kappa shape index (κ2) is 10.1. The zero-order chi connectivity index (χ0) is 21.6. The number of hydrogen-bond donors (Lipinski definition) is 1. The number of nitrogens with one attached hydrogen (secondary N) is 1. The first-order chi connectivity index (χ1) is 14.5. The van der Waals surface area contributed by atoms with Crippen molar-refractivity contribution in [3.63, 3.8) is 0 Å². The zero-order valence-corrected chi connectivity index (χ0v) is 18.8. The second-order valence-electron chi connectivity index (χ2n) is 7.38. The maximum Gasteiger partial charge on any atom is 0.231 e. The van der Waals surface area contributed by atoms with Crippen LogP contribution in [0, 0.1) is 5.41 Å². The van der Waals surface area contributed by atoms with Gasteiger partial charge in [0, 0.05) is 44.8 Å². The molecule has 1 aliphatic rings. The van der Waals surface area contributed by atoms with Gasteiger partial charge >= 0.3 is 0 Å². The number of ether oxygens (including phenoxy) is 3. The maximum absolute atomic E-state index is 12.8. The van der Waals surface area contributed by atoms with E-state index >= 15 is 0 Å². The molecule has 0 saturated heterocycles. The number of thiazole rings is 1. The van der Waals surface area contributed by atoms with Gasteiger partial charge in [0.15, 0.2) is 0 Å². The van der Waals surface area contributed by atoms with Crippen molar-refractivity contribution < 1.29 is 19.0 Å². The van der Waals surface area contributed by atoms with Gasteiger partial charge in [-0.1, -0.05) is 0 Å². The number of benzene rings is 1. The van der Waals surface area contributed by atoms with Crippen molar-refractivity contribution in [3.05, 3.63) is 41.4 Å². The lowest BCUT2D eigenvalue weighted by molar-refractivity contribution is -0.128. The van der Waals surface area contributed by atoms with Crippen LogP contribution in [-0.4, -0.2) is 70.0 Å². The summed E-state index contributed by atoms with van der Waals surface area (Å²) in [6.45, 7) is 4.79. The molecule has 162 valence electrons. The lowest BCUT2D eigenvalue weighted by Gasteiger charge is -2.26. The second-order valence-corrected chi connectivity index (χ2v) is 8.23. The van der Waals surface area contributed by atoms with E-state index in [1.807, 2.05) is 42.6 Å². The van der Waals surface area contributed by atoms with Crippen LogP contribution in [0.1, 0.15) is 12.6 Å². The standard InChI is InChI=1S/C22H29N3O4S/c1-22(21(26)23-9-11-27-2)13-19(25(15-22)10-12-28-3)18-14-30-20(24-18)16-5-7-17(29-4)8-6-16/h5-8,13-14H,9-12,15H2,1-4H3,(H,23,26). The molecule has 0 radical (unpaired) electrons. The average Bonchev–Trinajstić information content (AvgIpc) is 3.38. The molecule has 1 unspecified atom stereocenters. The van der Waals surface area contributed by atoms with Crippen molar-refractivity contribution in [3.8, 4) is 16.3 Å². The summed E-state index contributed by atoms with van der Waals surface area (Å²) in [5, 5.41) is 5.93. The van der Waals surface area contributed by atoms with E-state index in [0.29, 0.717) is 32.8 Å². The lowest BCUT2D eigenvalue weighted by Crippen LogP contribution is -2.42. The third-order valence-corrected chi connectivity index (χ3v) is 5.99. The number of carbonyl (C=O) groups excluding carboxylic acids is 1. The van der Waals surface area contributed by atoms with E-state index < -0.39 is 5.41 Å². The van der Waals surface area contributed by atoms with E-state index in [1.54, 1.807) is 32.7 Å². The van der Waals surface area contributed by atoms with Crippen LogP contribution < -0.4 is 10.1 Å². The Hall–Kier alpha value is -2.42. The Kier molecular flexibility index (Phi) is 7.47. The Balaban J connectivity index is 1.84. The molecule has 1 aromatic carbocycles. The number of carbonyl (C=O) groups is 1. The summed E-state index contributed by atoms with van der Waals surface area (Å²) >= 11 is 1.59. The molecule has 0 saturated carbocycles. The van der Waals surface area contributed by atoms with Crippen molar-refractivity contribution >= 4 is 22.9 Å². The van der Waals surface area contributed by atoms with Crippen LogP contribution in [0.5, 0.6) is 5.75 Å². The fourth-order valence-corrected chi connectivity index (χ4v) is 4.24. The van der Waals surface area contributed by atoms with E-state index in [9.17, 15) is 4.79 Å². The number of methoxy groups -OCH3 is 3. The predicted molar refractivity (Wildman–Crippen MR) is 119 cm³/mol. The smallest absolute Gasteiger partial charge is 0.231 e. The molecule has 1 N–H and O–H groups in total. The third kappa shape index (κ3) is 5.00. The summed E-state index contributed by atoms with van der Waals surface area (Å²) in [6, 6.07) is 7.86.